The van der Waals surface area contributed by atoms with Crippen molar-refractivity contribution in [2.75, 3.05) is 71.6 Å². The van der Waals surface area contributed by atoms with Crippen molar-refractivity contribution < 1.29 is 29.3 Å². The number of pyridine rings is 1. The molecule has 0 unspecified atom stereocenters. The summed E-state index contributed by atoms with van der Waals surface area (Å²) in [6, 6.07) is 38.6. The molecule has 13 nitrogen and oxygen atoms in total. The highest BCUT2D eigenvalue weighted by Gasteiger charge is 2.27. The highest BCUT2D eigenvalue weighted by Crippen LogP contribution is 2.27. The molecule has 6 aromatic rings. The number of benzene rings is 5. The second kappa shape index (κ2) is 20.6. The summed E-state index contributed by atoms with van der Waals surface area (Å²) in [5, 5.41) is 0. The van der Waals surface area contributed by atoms with E-state index in [0.29, 0.717) is 72.9 Å². The molecule has 0 aliphatic carbocycles. The first-order chi connectivity index (χ1) is 31.6. The zero-order valence-electron chi connectivity index (χ0n) is 38.1. The number of anilines is 4. The van der Waals surface area contributed by atoms with Crippen molar-refractivity contribution in [3.8, 4) is 0 Å². The summed E-state index contributed by atoms with van der Waals surface area (Å²) < 4.78 is 58.0. The Morgan fingerprint density at radius 1 is 0.530 bits per heavy atom. The molecule has 3 heterocycles. The van der Waals surface area contributed by atoms with E-state index in [1.165, 1.54) is 12.1 Å². The van der Waals surface area contributed by atoms with Gasteiger partial charge in [0.1, 0.15) is 5.82 Å². The van der Waals surface area contributed by atoms with E-state index in [-0.39, 0.29) is 24.5 Å². The van der Waals surface area contributed by atoms with Crippen molar-refractivity contribution in [2.24, 2.45) is 0 Å². The number of rotatable bonds is 11. The van der Waals surface area contributed by atoms with Crippen LogP contribution in [0.4, 0.5) is 22.9 Å². The SMILES string of the molecule is CCc1ccc(NS(=O)(=O)c2cc(C(=O)N3CCN(c4ccccc4)CC3)ccc2C)c(C)c1.Cc1ccccc1NS(=O)(=O)c1cc(C(=O)N2CCN(c3ccccn3)CC2)ccc1C.[HH].[HH]. The minimum atomic E-state index is -3.85. The summed E-state index contributed by atoms with van der Waals surface area (Å²) in [5.41, 5.74) is 6.99. The number of nitrogens with one attached hydrogen (secondary N) is 2. The predicted octanol–water partition coefficient (Wildman–Crippen LogP) is 8.58. The molecule has 66 heavy (non-hydrogen) atoms. The van der Waals surface area contributed by atoms with Gasteiger partial charge in [-0.2, -0.15) is 0 Å². The normalized spacial score (nSPS) is 14.3. The number of para-hydroxylation sites is 2. The first kappa shape index (κ1) is 47.3. The number of hydrogen-bond acceptors (Lipinski definition) is 9. The number of piperazine rings is 2. The van der Waals surface area contributed by atoms with Gasteiger partial charge in [-0.1, -0.05) is 73.7 Å². The van der Waals surface area contributed by atoms with Gasteiger partial charge >= 0.3 is 0 Å². The van der Waals surface area contributed by atoms with Crippen LogP contribution in [0.2, 0.25) is 0 Å². The van der Waals surface area contributed by atoms with Crippen LogP contribution in [0.1, 0.15) is 58.3 Å². The van der Waals surface area contributed by atoms with E-state index in [1.54, 1.807) is 72.3 Å². The van der Waals surface area contributed by atoms with E-state index in [1.807, 2.05) is 74.5 Å². The zero-order chi connectivity index (χ0) is 47.0. The lowest BCUT2D eigenvalue weighted by atomic mass is 10.1. The van der Waals surface area contributed by atoms with Crippen LogP contribution in [0.5, 0.6) is 0 Å². The fourth-order valence-corrected chi connectivity index (χ4v) is 10.8. The third-order valence-corrected chi connectivity index (χ3v) is 15.0. The van der Waals surface area contributed by atoms with Gasteiger partial charge in [-0.3, -0.25) is 19.0 Å². The summed E-state index contributed by atoms with van der Waals surface area (Å²) in [6.07, 6.45) is 2.64. The van der Waals surface area contributed by atoms with Crippen LogP contribution in [0.3, 0.4) is 0 Å². The number of aryl methyl sites for hydroxylation is 5. The molecular weight excluding hydrogens is 871 g/mol. The molecular formula is C51H61N7O6S2. The van der Waals surface area contributed by atoms with Crippen molar-refractivity contribution in [1.82, 2.24) is 14.8 Å². The Morgan fingerprint density at radius 3 is 1.53 bits per heavy atom. The van der Waals surface area contributed by atoms with E-state index < -0.39 is 20.0 Å². The highest BCUT2D eigenvalue weighted by molar-refractivity contribution is 7.93. The number of carbonyl (C=O) groups excluding carboxylic acids is 2. The van der Waals surface area contributed by atoms with Crippen LogP contribution < -0.4 is 19.2 Å². The first-order valence-corrected chi connectivity index (χ1v) is 25.1. The Balaban J connectivity index is 0.000000247. The molecule has 2 amide bonds. The summed E-state index contributed by atoms with van der Waals surface area (Å²) >= 11 is 0. The number of hydrogen-bond donors (Lipinski definition) is 2. The molecule has 348 valence electrons. The Hall–Kier alpha value is -6.71. The lowest BCUT2D eigenvalue weighted by molar-refractivity contribution is 0.0739. The maximum atomic E-state index is 13.2. The van der Waals surface area contributed by atoms with Gasteiger partial charge in [0.05, 0.1) is 21.2 Å². The van der Waals surface area contributed by atoms with Crippen molar-refractivity contribution in [2.45, 2.75) is 50.8 Å². The first-order valence-electron chi connectivity index (χ1n) is 22.1. The number of sulfonamides is 2. The Labute approximate surface area is 392 Å². The minimum absolute atomic E-state index is 0. The van der Waals surface area contributed by atoms with Gasteiger partial charge in [0.25, 0.3) is 31.9 Å². The average Bonchev–Trinajstić information content (AvgIpc) is 3.33. The van der Waals surface area contributed by atoms with Gasteiger partial charge in [-0.15, -0.1) is 0 Å². The molecule has 2 aliphatic heterocycles. The Morgan fingerprint density at radius 2 is 1.03 bits per heavy atom. The number of aromatic nitrogens is 1. The molecule has 0 saturated carbocycles. The molecule has 2 aliphatic rings. The third kappa shape index (κ3) is 11.2. The van der Waals surface area contributed by atoms with Crippen LogP contribution in [-0.2, 0) is 26.5 Å². The largest absolute Gasteiger partial charge is 0.368 e. The minimum Gasteiger partial charge on any atom is -0.368 e. The average molecular weight is 932 g/mol. The van der Waals surface area contributed by atoms with Gasteiger partial charge in [0.2, 0.25) is 0 Å². The second-order valence-corrected chi connectivity index (χ2v) is 19.9. The second-order valence-electron chi connectivity index (χ2n) is 16.6. The predicted molar refractivity (Wildman–Crippen MR) is 267 cm³/mol. The van der Waals surface area contributed by atoms with Crippen molar-refractivity contribution in [3.63, 3.8) is 0 Å². The molecule has 0 spiro atoms. The van der Waals surface area contributed by atoms with Gasteiger partial charge in [-0.05, 0) is 123 Å². The van der Waals surface area contributed by atoms with E-state index >= 15 is 0 Å². The number of carbonyl (C=O) groups is 2. The van der Waals surface area contributed by atoms with Crippen LogP contribution in [0.15, 0.2) is 143 Å². The van der Waals surface area contributed by atoms with Gasteiger partial charge in [-0.25, -0.2) is 21.8 Å². The molecule has 2 N–H and O–H groups in total. The summed E-state index contributed by atoms with van der Waals surface area (Å²) in [4.78, 5) is 38.9. The standard InChI is InChI=1S/C27H31N3O3S.C24H26N4O3S.2H2/c1-4-22-11-13-25(21(3)18-22)28-34(32,33)26-19-23(12-10-20(26)2)27(31)30-16-14-29(15-17-30)24-8-6-5-7-9-24;1-18-7-3-4-8-21(18)26-32(30,31)22-17-20(11-10-19(22)2)24(29)28-15-13-27(14-16-28)23-9-5-6-12-25-23;;/h5-13,18-19,28H,4,14-17H2,1-3H3;3-12,17,26H,13-16H2,1-2H3;2*1H. The highest BCUT2D eigenvalue weighted by atomic mass is 32.2. The molecule has 8 rings (SSSR count). The summed E-state index contributed by atoms with van der Waals surface area (Å²) in [6.45, 7) is 14.4. The lowest BCUT2D eigenvalue weighted by Gasteiger charge is -2.36. The Kier molecular flexibility index (Phi) is 14.8. The topological polar surface area (TPSA) is 152 Å². The van der Waals surface area contributed by atoms with E-state index in [2.05, 4.69) is 43.3 Å². The third-order valence-electron chi connectivity index (χ3n) is 12.0. The van der Waals surface area contributed by atoms with Crippen LogP contribution in [0.25, 0.3) is 0 Å². The van der Waals surface area contributed by atoms with Gasteiger partial charge < -0.3 is 19.6 Å². The van der Waals surface area contributed by atoms with Crippen LogP contribution in [-0.4, -0.2) is 95.8 Å². The monoisotopic (exact) mass is 931 g/mol. The van der Waals surface area contributed by atoms with Gasteiger partial charge in [0, 0.05) is 78.2 Å². The molecule has 0 atom stereocenters. The number of nitrogens with zero attached hydrogens (tertiary/aromatic N) is 5. The Bertz CT molecular complexity index is 2910. The fourth-order valence-electron chi connectivity index (χ4n) is 8.04. The fraction of sp³-hybridized carbons (Fsp3) is 0.275. The molecule has 0 radical (unpaired) electrons. The lowest BCUT2D eigenvalue weighted by Crippen LogP contribution is -2.49. The summed E-state index contributed by atoms with van der Waals surface area (Å²) in [5.74, 6) is 0.580. The van der Waals surface area contributed by atoms with Crippen molar-refractivity contribution in [1.29, 1.82) is 0 Å². The summed E-state index contributed by atoms with van der Waals surface area (Å²) in [7, 11) is -7.68. The molecule has 5 aromatic carbocycles. The van der Waals surface area contributed by atoms with Crippen molar-refractivity contribution in [3.05, 3.63) is 173 Å². The maximum absolute atomic E-state index is 13.2. The van der Waals surface area contributed by atoms with Crippen molar-refractivity contribution >= 4 is 54.7 Å². The molecule has 2 fully saturated rings. The smallest absolute Gasteiger partial charge is 0.262 e. The number of amides is 2. The zero-order valence-corrected chi connectivity index (χ0v) is 39.7. The van der Waals surface area contributed by atoms with E-state index in [0.717, 1.165) is 47.7 Å². The maximum Gasteiger partial charge on any atom is 0.262 e. The van der Waals surface area contributed by atoms with E-state index in [9.17, 15) is 26.4 Å². The van der Waals surface area contributed by atoms with Crippen LogP contribution >= 0.6 is 0 Å². The molecule has 15 heteroatoms. The molecule has 1 aromatic heterocycles. The van der Waals surface area contributed by atoms with Crippen LogP contribution in [0, 0.1) is 27.7 Å². The quantitative estimate of drug-likeness (QED) is 0.130. The molecule has 2 saturated heterocycles. The molecule has 0 bridgehead atoms. The van der Waals surface area contributed by atoms with E-state index in [4.69, 9.17) is 0 Å². The van der Waals surface area contributed by atoms with Gasteiger partial charge in [0.15, 0.2) is 0 Å².